The Morgan fingerprint density at radius 1 is 0.350 bits per heavy atom. The van der Waals surface area contributed by atoms with Gasteiger partial charge in [-0.1, -0.05) is 70.7 Å². The van der Waals surface area contributed by atoms with E-state index in [1.165, 1.54) is 0 Å². The van der Waals surface area contributed by atoms with Crippen molar-refractivity contribution in [2.24, 2.45) is 0 Å². The minimum absolute atomic E-state index is 0.0761. The first-order valence-electron chi connectivity index (χ1n) is 12.6. The van der Waals surface area contributed by atoms with Crippen LogP contribution < -0.4 is 0 Å². The summed E-state index contributed by atoms with van der Waals surface area (Å²) in [5.41, 5.74) is 5.70. The highest BCUT2D eigenvalue weighted by atomic mass is 35.5. The Morgan fingerprint density at radius 3 is 1.18 bits per heavy atom. The molecule has 6 heteroatoms. The minimum atomic E-state index is -0.0761. The summed E-state index contributed by atoms with van der Waals surface area (Å²) in [6, 6.07) is 22.3. The zero-order chi connectivity index (χ0) is 27.2. The van der Waals surface area contributed by atoms with Gasteiger partial charge < -0.3 is 0 Å². The molecule has 2 aliphatic rings. The molecule has 0 aliphatic heterocycles. The predicted octanol–water partition coefficient (Wildman–Crippen LogP) is 10.8. The van der Waals surface area contributed by atoms with Gasteiger partial charge in [0.25, 0.3) is 0 Å². The lowest BCUT2D eigenvalue weighted by molar-refractivity contribution is 0.103. The molecule has 7 aromatic carbocycles. The van der Waals surface area contributed by atoms with Gasteiger partial charge in [0.1, 0.15) is 0 Å². The molecule has 9 rings (SSSR count). The Labute approximate surface area is 247 Å². The zero-order valence-corrected chi connectivity index (χ0v) is 23.3. The number of hydrogen-bond donors (Lipinski definition) is 0. The molecule has 0 saturated heterocycles. The van der Waals surface area contributed by atoms with Crippen LogP contribution in [0.5, 0.6) is 0 Å². The van der Waals surface area contributed by atoms with Crippen molar-refractivity contribution >= 4 is 101 Å². The lowest BCUT2D eigenvalue weighted by atomic mass is 9.76. The number of carbonyl (C=O) groups is 2. The second-order valence-corrected chi connectivity index (χ2v) is 12.1. The van der Waals surface area contributed by atoms with Crippen molar-refractivity contribution < 1.29 is 9.59 Å². The maximum Gasteiger partial charge on any atom is 0.194 e. The van der Waals surface area contributed by atoms with Crippen LogP contribution in [0.3, 0.4) is 0 Å². The Hall–Kier alpha value is -3.66. The average molecular weight is 594 g/mol. The summed E-state index contributed by atoms with van der Waals surface area (Å²) in [4.78, 5) is 27.4. The van der Waals surface area contributed by atoms with E-state index in [1.54, 1.807) is 24.3 Å². The van der Waals surface area contributed by atoms with E-state index < -0.39 is 0 Å². The normalized spacial score (nSPS) is 13.6. The molecular formula is C34H12Cl4O2. The van der Waals surface area contributed by atoms with Crippen molar-refractivity contribution in [3.05, 3.63) is 115 Å². The molecule has 40 heavy (non-hydrogen) atoms. The van der Waals surface area contributed by atoms with E-state index in [2.05, 4.69) is 0 Å². The van der Waals surface area contributed by atoms with Crippen LogP contribution in [0.1, 0.15) is 31.8 Å². The van der Waals surface area contributed by atoms with E-state index in [4.69, 9.17) is 46.4 Å². The minimum Gasteiger partial charge on any atom is -0.289 e. The maximum absolute atomic E-state index is 13.7. The molecule has 0 bridgehead atoms. The molecule has 0 amide bonds. The van der Waals surface area contributed by atoms with Gasteiger partial charge in [0.2, 0.25) is 0 Å². The molecule has 188 valence electrons. The summed E-state index contributed by atoms with van der Waals surface area (Å²) in [7, 11) is 0. The monoisotopic (exact) mass is 592 g/mol. The van der Waals surface area contributed by atoms with Gasteiger partial charge >= 0.3 is 0 Å². The molecule has 0 unspecified atom stereocenters. The molecular weight excluding hydrogens is 582 g/mol. The SMILES string of the molecule is O=C1c2cc(Cl)ccc2-c2cc(Cl)c3c4c(Cl)cc5c6c(ccc(c7ccc1c2c73)c64)C(=O)c1cc(Cl)ccc1-5. The van der Waals surface area contributed by atoms with Crippen LogP contribution in [0, 0.1) is 0 Å². The van der Waals surface area contributed by atoms with Crippen molar-refractivity contribution in [1.82, 2.24) is 0 Å². The summed E-state index contributed by atoms with van der Waals surface area (Å²) in [6.45, 7) is 0. The van der Waals surface area contributed by atoms with E-state index in [0.29, 0.717) is 42.3 Å². The van der Waals surface area contributed by atoms with E-state index in [9.17, 15) is 9.59 Å². The average Bonchev–Trinajstić information content (AvgIpc) is 2.95. The van der Waals surface area contributed by atoms with Crippen LogP contribution >= 0.6 is 46.4 Å². The van der Waals surface area contributed by atoms with Crippen molar-refractivity contribution in [3.8, 4) is 22.3 Å². The van der Waals surface area contributed by atoms with Gasteiger partial charge in [-0.25, -0.2) is 0 Å². The standard InChI is InChI=1S/C34H12Cl4O2/c35-13-1-3-15-21-11-25(37)31-29-17(5-7-19(27(21)29)33(39)23(15)9-13)18-6-8-20-28-22(12-26(38)32(31)30(18)28)16-4-2-14(36)10-24(16)34(20)40/h1-12H. The molecule has 0 atom stereocenters. The number of ketones is 2. The van der Waals surface area contributed by atoms with E-state index in [0.717, 1.165) is 65.3 Å². The second kappa shape index (κ2) is 7.54. The van der Waals surface area contributed by atoms with E-state index in [-0.39, 0.29) is 11.6 Å². The second-order valence-electron chi connectivity index (χ2n) is 10.4. The Balaban J connectivity index is 1.54. The van der Waals surface area contributed by atoms with Crippen LogP contribution in [0.2, 0.25) is 20.1 Å². The number of hydrogen-bond acceptors (Lipinski definition) is 2. The van der Waals surface area contributed by atoms with Gasteiger partial charge in [-0.15, -0.1) is 0 Å². The molecule has 0 aromatic heterocycles. The predicted molar refractivity (Wildman–Crippen MR) is 165 cm³/mol. The Bertz CT molecular complexity index is 2240. The molecule has 2 aliphatic carbocycles. The fourth-order valence-corrected chi connectivity index (χ4v) is 7.92. The van der Waals surface area contributed by atoms with Crippen molar-refractivity contribution in [1.29, 1.82) is 0 Å². The topological polar surface area (TPSA) is 34.1 Å². The van der Waals surface area contributed by atoms with E-state index >= 15 is 0 Å². The molecule has 0 heterocycles. The van der Waals surface area contributed by atoms with Crippen molar-refractivity contribution in [3.63, 3.8) is 0 Å². The molecule has 0 N–H and O–H groups in total. The molecule has 0 saturated carbocycles. The number of fused-ring (bicyclic) bond motifs is 6. The highest BCUT2D eigenvalue weighted by molar-refractivity contribution is 6.51. The fourth-order valence-electron chi connectivity index (χ4n) is 6.97. The van der Waals surface area contributed by atoms with Gasteiger partial charge in [0.15, 0.2) is 11.6 Å². The largest absolute Gasteiger partial charge is 0.289 e. The third kappa shape index (κ3) is 2.64. The van der Waals surface area contributed by atoms with Crippen LogP contribution in [0.25, 0.3) is 65.3 Å². The number of halogens is 4. The summed E-state index contributed by atoms with van der Waals surface area (Å²) in [5, 5.41) is 8.99. The fraction of sp³-hybridized carbons (Fsp3) is 0. The first kappa shape index (κ1) is 23.1. The third-order valence-corrected chi connectivity index (χ3v) is 9.60. The van der Waals surface area contributed by atoms with Crippen LogP contribution in [0.4, 0.5) is 0 Å². The number of benzene rings is 7. The first-order chi connectivity index (χ1) is 19.3. The van der Waals surface area contributed by atoms with Crippen molar-refractivity contribution in [2.45, 2.75) is 0 Å². The highest BCUT2D eigenvalue weighted by Gasteiger charge is 2.32. The zero-order valence-electron chi connectivity index (χ0n) is 20.3. The van der Waals surface area contributed by atoms with Gasteiger partial charge in [-0.2, -0.15) is 0 Å². The first-order valence-corrected chi connectivity index (χ1v) is 14.1. The van der Waals surface area contributed by atoms with Crippen molar-refractivity contribution in [2.75, 3.05) is 0 Å². The van der Waals surface area contributed by atoms with Crippen LogP contribution in [-0.2, 0) is 0 Å². The molecule has 7 aromatic rings. The summed E-state index contributed by atoms with van der Waals surface area (Å²) < 4.78 is 0. The van der Waals surface area contributed by atoms with Crippen LogP contribution in [-0.4, -0.2) is 11.6 Å². The summed E-state index contributed by atoms with van der Waals surface area (Å²) >= 11 is 26.8. The quantitative estimate of drug-likeness (QED) is 0.129. The maximum atomic E-state index is 13.7. The lowest BCUT2D eigenvalue weighted by Crippen LogP contribution is -2.12. The van der Waals surface area contributed by atoms with Crippen LogP contribution in [0.15, 0.2) is 72.8 Å². The highest BCUT2D eigenvalue weighted by Crippen LogP contribution is 2.54. The summed E-state index contributed by atoms with van der Waals surface area (Å²) in [5.74, 6) is -0.152. The third-order valence-electron chi connectivity index (χ3n) is 8.53. The van der Waals surface area contributed by atoms with Gasteiger partial charge in [-0.05, 0) is 81.6 Å². The number of carbonyl (C=O) groups excluding carboxylic acids is 2. The number of rotatable bonds is 0. The summed E-state index contributed by atoms with van der Waals surface area (Å²) in [6.07, 6.45) is 0. The smallest absolute Gasteiger partial charge is 0.194 e. The van der Waals surface area contributed by atoms with Gasteiger partial charge in [0.05, 0.1) is 0 Å². The van der Waals surface area contributed by atoms with Gasteiger partial charge in [-0.3, -0.25) is 9.59 Å². The lowest BCUT2D eigenvalue weighted by Gasteiger charge is -2.26. The van der Waals surface area contributed by atoms with Gasteiger partial charge in [0, 0.05) is 74.7 Å². The van der Waals surface area contributed by atoms with E-state index in [1.807, 2.05) is 48.5 Å². The molecule has 2 nitrogen and oxygen atoms in total. The Morgan fingerprint density at radius 2 is 0.750 bits per heavy atom. The molecule has 0 radical (unpaired) electrons. The Kier molecular flexibility index (Phi) is 4.35. The molecule has 0 spiro atoms. The molecule has 0 fully saturated rings.